The third kappa shape index (κ3) is 4.71. The van der Waals surface area contributed by atoms with Crippen LogP contribution in [0.4, 0.5) is 5.82 Å². The zero-order chi connectivity index (χ0) is 23.5. The summed E-state index contributed by atoms with van der Waals surface area (Å²) < 4.78 is 1.66. The van der Waals surface area contributed by atoms with Gasteiger partial charge >= 0.3 is 0 Å². The van der Waals surface area contributed by atoms with E-state index >= 15 is 0 Å². The zero-order valence-corrected chi connectivity index (χ0v) is 19.9. The van der Waals surface area contributed by atoms with Crippen LogP contribution in [0.5, 0.6) is 0 Å². The highest BCUT2D eigenvalue weighted by atomic mass is 16.2. The molecule has 5 rings (SSSR count). The molecule has 0 spiro atoms. The van der Waals surface area contributed by atoms with Crippen molar-refractivity contribution in [2.75, 3.05) is 37.6 Å². The molecule has 7 heteroatoms. The fourth-order valence-corrected chi connectivity index (χ4v) is 5.23. The topological polar surface area (TPSA) is 70.5 Å². The molecule has 0 saturated carbocycles. The Balaban J connectivity index is 1.08. The molecule has 1 fully saturated rings. The lowest BCUT2D eigenvalue weighted by atomic mass is 9.96. The van der Waals surface area contributed by atoms with E-state index in [1.54, 1.807) is 11.6 Å². The van der Waals surface area contributed by atoms with Crippen LogP contribution in [0.2, 0.25) is 0 Å². The Morgan fingerprint density at radius 2 is 1.76 bits per heavy atom. The lowest BCUT2D eigenvalue weighted by Gasteiger charge is -2.32. The van der Waals surface area contributed by atoms with Gasteiger partial charge in [0.2, 0.25) is 5.91 Å². The van der Waals surface area contributed by atoms with Crippen LogP contribution < -0.4 is 15.8 Å². The van der Waals surface area contributed by atoms with Crippen LogP contribution in [0, 0.1) is 5.92 Å². The quantitative estimate of drug-likeness (QED) is 0.574. The van der Waals surface area contributed by atoms with Crippen LogP contribution in [0.1, 0.15) is 30.4 Å². The molecule has 2 aliphatic heterocycles. The Morgan fingerprint density at radius 3 is 2.59 bits per heavy atom. The molecule has 0 radical (unpaired) electrons. The SMILES string of the molecule is Cn1c(=O)c(N2CCC(C(=O)NCCCN3CCc4ccccc4C3)CC2)nc2ccccc21. The molecule has 178 valence electrons. The molecule has 7 nitrogen and oxygen atoms in total. The first-order valence-electron chi connectivity index (χ1n) is 12.4. The summed E-state index contributed by atoms with van der Waals surface area (Å²) in [5, 5.41) is 3.14. The van der Waals surface area contributed by atoms with E-state index in [2.05, 4.69) is 39.5 Å². The van der Waals surface area contributed by atoms with Crippen molar-refractivity contribution in [2.45, 2.75) is 32.2 Å². The van der Waals surface area contributed by atoms with Gasteiger partial charge in [0, 0.05) is 52.2 Å². The fourth-order valence-electron chi connectivity index (χ4n) is 5.23. The van der Waals surface area contributed by atoms with E-state index in [9.17, 15) is 9.59 Å². The predicted molar refractivity (Wildman–Crippen MR) is 135 cm³/mol. The Kier molecular flexibility index (Phi) is 6.63. The Bertz CT molecular complexity index is 1230. The smallest absolute Gasteiger partial charge is 0.293 e. The number of aryl methyl sites for hydroxylation is 1. The second-order valence-electron chi connectivity index (χ2n) is 9.49. The van der Waals surface area contributed by atoms with Gasteiger partial charge in [-0.3, -0.25) is 14.5 Å². The van der Waals surface area contributed by atoms with Crippen molar-refractivity contribution in [3.8, 4) is 0 Å². The summed E-state index contributed by atoms with van der Waals surface area (Å²) in [4.78, 5) is 34.7. The first kappa shape index (κ1) is 22.6. The minimum atomic E-state index is -0.0815. The van der Waals surface area contributed by atoms with E-state index in [1.807, 2.05) is 29.2 Å². The lowest BCUT2D eigenvalue weighted by Crippen LogP contribution is -2.43. The van der Waals surface area contributed by atoms with E-state index < -0.39 is 0 Å². The standard InChI is InChI=1S/C27H33N5O2/c1-30-24-10-5-4-9-23(24)29-25(27(30)34)32-17-12-21(13-18-32)26(33)28-14-6-15-31-16-11-20-7-2-3-8-22(20)19-31/h2-5,7-10,21H,6,11-19H2,1H3,(H,28,33). The summed E-state index contributed by atoms with van der Waals surface area (Å²) in [7, 11) is 1.79. The van der Waals surface area contributed by atoms with Crippen molar-refractivity contribution in [1.82, 2.24) is 19.8 Å². The van der Waals surface area contributed by atoms with Gasteiger partial charge in [-0.05, 0) is 48.9 Å². The van der Waals surface area contributed by atoms with Gasteiger partial charge in [-0.25, -0.2) is 4.98 Å². The molecule has 0 aliphatic carbocycles. The number of fused-ring (bicyclic) bond motifs is 2. The Morgan fingerprint density at radius 1 is 1.03 bits per heavy atom. The number of rotatable bonds is 6. The monoisotopic (exact) mass is 459 g/mol. The van der Waals surface area contributed by atoms with E-state index in [-0.39, 0.29) is 17.4 Å². The van der Waals surface area contributed by atoms with Gasteiger partial charge in [-0.2, -0.15) is 0 Å². The molecule has 34 heavy (non-hydrogen) atoms. The molecule has 0 atom stereocenters. The summed E-state index contributed by atoms with van der Waals surface area (Å²) in [6, 6.07) is 16.4. The second kappa shape index (κ2) is 9.97. The van der Waals surface area contributed by atoms with Gasteiger partial charge in [0.15, 0.2) is 5.82 Å². The molecule has 2 aromatic carbocycles. The number of benzene rings is 2. The molecule has 3 aromatic rings. The number of carbonyl (C=O) groups is 1. The van der Waals surface area contributed by atoms with Crippen molar-refractivity contribution in [3.05, 3.63) is 70.0 Å². The van der Waals surface area contributed by atoms with Crippen LogP contribution in [-0.2, 0) is 24.8 Å². The number of nitrogens with zero attached hydrogens (tertiary/aromatic N) is 4. The van der Waals surface area contributed by atoms with Crippen LogP contribution in [0.3, 0.4) is 0 Å². The van der Waals surface area contributed by atoms with Crippen molar-refractivity contribution >= 4 is 22.8 Å². The van der Waals surface area contributed by atoms with Crippen LogP contribution in [0.15, 0.2) is 53.3 Å². The second-order valence-corrected chi connectivity index (χ2v) is 9.49. The number of hydrogen-bond donors (Lipinski definition) is 1. The number of hydrogen-bond acceptors (Lipinski definition) is 5. The fraction of sp³-hybridized carbons (Fsp3) is 0.444. The highest BCUT2D eigenvalue weighted by Crippen LogP contribution is 2.22. The lowest BCUT2D eigenvalue weighted by molar-refractivity contribution is -0.125. The highest BCUT2D eigenvalue weighted by Gasteiger charge is 2.27. The van der Waals surface area contributed by atoms with E-state index in [0.29, 0.717) is 25.5 Å². The molecule has 1 aromatic heterocycles. The van der Waals surface area contributed by atoms with Crippen LogP contribution >= 0.6 is 0 Å². The molecular weight excluding hydrogens is 426 g/mol. The molecule has 1 N–H and O–H groups in total. The first-order chi connectivity index (χ1) is 16.6. The van der Waals surface area contributed by atoms with Crippen LogP contribution in [-0.4, -0.2) is 53.1 Å². The van der Waals surface area contributed by atoms with Crippen molar-refractivity contribution in [2.24, 2.45) is 13.0 Å². The van der Waals surface area contributed by atoms with Crippen LogP contribution in [0.25, 0.3) is 11.0 Å². The van der Waals surface area contributed by atoms with E-state index in [4.69, 9.17) is 0 Å². The van der Waals surface area contributed by atoms with Crippen molar-refractivity contribution in [1.29, 1.82) is 0 Å². The number of anilines is 1. The third-order valence-electron chi connectivity index (χ3n) is 7.29. The number of para-hydroxylation sites is 2. The number of carbonyl (C=O) groups excluding carboxylic acids is 1. The number of piperidine rings is 1. The molecule has 1 amide bonds. The number of amides is 1. The van der Waals surface area contributed by atoms with E-state index in [1.165, 1.54) is 11.1 Å². The zero-order valence-electron chi connectivity index (χ0n) is 19.9. The van der Waals surface area contributed by atoms with Crippen molar-refractivity contribution in [3.63, 3.8) is 0 Å². The van der Waals surface area contributed by atoms with Crippen molar-refractivity contribution < 1.29 is 4.79 Å². The Labute approximate surface area is 200 Å². The largest absolute Gasteiger partial charge is 0.356 e. The predicted octanol–water partition coefficient (Wildman–Crippen LogP) is 2.71. The minimum absolute atomic E-state index is 0.00224. The van der Waals surface area contributed by atoms with Gasteiger partial charge in [0.05, 0.1) is 11.0 Å². The summed E-state index contributed by atoms with van der Waals surface area (Å²) >= 11 is 0. The van der Waals surface area contributed by atoms with E-state index in [0.717, 1.165) is 56.4 Å². The average Bonchev–Trinajstić information content (AvgIpc) is 2.88. The normalized spacial score (nSPS) is 17.0. The molecule has 0 bridgehead atoms. The summed E-state index contributed by atoms with van der Waals surface area (Å²) in [6.45, 7) is 5.15. The molecule has 0 unspecified atom stereocenters. The maximum atomic E-state index is 12.8. The summed E-state index contributed by atoms with van der Waals surface area (Å²) in [5.41, 5.74) is 4.47. The van der Waals surface area contributed by atoms with Gasteiger partial charge < -0.3 is 14.8 Å². The first-order valence-corrected chi connectivity index (χ1v) is 12.4. The molecule has 1 saturated heterocycles. The maximum absolute atomic E-state index is 12.8. The molecule has 3 heterocycles. The maximum Gasteiger partial charge on any atom is 0.293 e. The van der Waals surface area contributed by atoms with Gasteiger partial charge in [0.1, 0.15) is 0 Å². The third-order valence-corrected chi connectivity index (χ3v) is 7.29. The average molecular weight is 460 g/mol. The molecule has 2 aliphatic rings. The number of aromatic nitrogens is 2. The molecular formula is C27H33N5O2. The minimum Gasteiger partial charge on any atom is -0.356 e. The summed E-state index contributed by atoms with van der Waals surface area (Å²) in [6.07, 6.45) is 3.55. The van der Waals surface area contributed by atoms with Gasteiger partial charge in [-0.1, -0.05) is 36.4 Å². The Hall–Kier alpha value is -3.19. The number of nitrogens with one attached hydrogen (secondary N) is 1. The van der Waals surface area contributed by atoms with Gasteiger partial charge in [-0.15, -0.1) is 0 Å². The highest BCUT2D eigenvalue weighted by molar-refractivity contribution is 5.79. The summed E-state index contributed by atoms with van der Waals surface area (Å²) in [5.74, 6) is 0.633. The van der Waals surface area contributed by atoms with Gasteiger partial charge in [0.25, 0.3) is 5.56 Å².